The second kappa shape index (κ2) is 9.99. The molecule has 3 rings (SSSR count). The SMILES string of the molecule is O=C(NCc1ccccc1)c1cccc(NC(=S)NC(=O)C2CCCCC2)c1. The number of thiocarbonyl (C=S) groups is 1. The number of amides is 2. The normalized spacial score (nSPS) is 14.1. The molecule has 0 radical (unpaired) electrons. The molecule has 1 saturated carbocycles. The smallest absolute Gasteiger partial charge is 0.251 e. The number of carbonyl (C=O) groups is 2. The van der Waals surface area contributed by atoms with Crippen LogP contribution in [-0.2, 0) is 11.3 Å². The van der Waals surface area contributed by atoms with E-state index in [1.165, 1.54) is 6.42 Å². The van der Waals surface area contributed by atoms with Crippen molar-refractivity contribution >= 4 is 34.8 Å². The highest BCUT2D eigenvalue weighted by atomic mass is 32.1. The largest absolute Gasteiger partial charge is 0.348 e. The van der Waals surface area contributed by atoms with Gasteiger partial charge in [0, 0.05) is 23.7 Å². The van der Waals surface area contributed by atoms with Crippen molar-refractivity contribution in [3.05, 3.63) is 65.7 Å². The molecule has 2 amide bonds. The van der Waals surface area contributed by atoms with Gasteiger partial charge >= 0.3 is 0 Å². The molecule has 0 aromatic heterocycles. The van der Waals surface area contributed by atoms with Crippen LogP contribution < -0.4 is 16.0 Å². The van der Waals surface area contributed by atoms with Crippen LogP contribution in [0.4, 0.5) is 5.69 Å². The molecule has 0 spiro atoms. The molecule has 6 heteroatoms. The maximum Gasteiger partial charge on any atom is 0.251 e. The number of anilines is 1. The van der Waals surface area contributed by atoms with E-state index in [0.717, 1.165) is 31.2 Å². The van der Waals surface area contributed by atoms with E-state index in [0.29, 0.717) is 17.8 Å². The second-order valence-electron chi connectivity index (χ2n) is 7.03. The molecule has 0 atom stereocenters. The number of nitrogens with one attached hydrogen (secondary N) is 3. The molecule has 1 aliphatic carbocycles. The Balaban J connectivity index is 1.52. The molecule has 3 N–H and O–H groups in total. The van der Waals surface area contributed by atoms with Gasteiger partial charge in [-0.25, -0.2) is 0 Å². The molecule has 0 unspecified atom stereocenters. The molecule has 1 aliphatic rings. The highest BCUT2D eigenvalue weighted by Gasteiger charge is 2.21. The monoisotopic (exact) mass is 395 g/mol. The molecule has 2 aromatic carbocycles. The lowest BCUT2D eigenvalue weighted by molar-refractivity contribution is -0.124. The van der Waals surface area contributed by atoms with Crippen LogP contribution in [0.5, 0.6) is 0 Å². The van der Waals surface area contributed by atoms with E-state index in [4.69, 9.17) is 12.2 Å². The molecule has 28 heavy (non-hydrogen) atoms. The van der Waals surface area contributed by atoms with Crippen molar-refractivity contribution in [3.63, 3.8) is 0 Å². The van der Waals surface area contributed by atoms with Gasteiger partial charge in [-0.05, 0) is 48.8 Å². The molecular weight excluding hydrogens is 370 g/mol. The van der Waals surface area contributed by atoms with E-state index in [1.807, 2.05) is 36.4 Å². The lowest BCUT2D eigenvalue weighted by atomic mass is 9.89. The van der Waals surface area contributed by atoms with E-state index in [9.17, 15) is 9.59 Å². The van der Waals surface area contributed by atoms with Crippen LogP contribution in [0.15, 0.2) is 54.6 Å². The molecule has 0 aliphatic heterocycles. The molecule has 0 saturated heterocycles. The Labute approximate surface area is 170 Å². The maximum absolute atomic E-state index is 12.4. The standard InChI is InChI=1S/C22H25N3O2S/c26-20(23-15-16-8-3-1-4-9-16)18-12-7-13-19(14-18)24-22(28)25-21(27)17-10-5-2-6-11-17/h1,3-4,7-9,12-14,17H,2,5-6,10-11,15H2,(H,23,26)(H2,24,25,27,28). The van der Waals surface area contributed by atoms with Crippen molar-refractivity contribution in [2.75, 3.05) is 5.32 Å². The highest BCUT2D eigenvalue weighted by Crippen LogP contribution is 2.23. The van der Waals surface area contributed by atoms with Crippen molar-refractivity contribution < 1.29 is 9.59 Å². The summed E-state index contributed by atoms with van der Waals surface area (Å²) in [6.07, 6.45) is 5.24. The van der Waals surface area contributed by atoms with Crippen molar-refractivity contribution in [1.82, 2.24) is 10.6 Å². The first-order valence-corrected chi connectivity index (χ1v) is 10.1. The predicted octanol–water partition coefficient (Wildman–Crippen LogP) is 4.01. The highest BCUT2D eigenvalue weighted by molar-refractivity contribution is 7.80. The summed E-state index contributed by atoms with van der Waals surface area (Å²) in [7, 11) is 0. The van der Waals surface area contributed by atoms with Gasteiger partial charge in [0.05, 0.1) is 0 Å². The Kier molecular flexibility index (Phi) is 7.14. The van der Waals surface area contributed by atoms with Gasteiger partial charge in [-0.1, -0.05) is 55.7 Å². The zero-order valence-corrected chi connectivity index (χ0v) is 16.6. The minimum Gasteiger partial charge on any atom is -0.348 e. The Hall–Kier alpha value is -2.73. The molecule has 1 fully saturated rings. The van der Waals surface area contributed by atoms with Gasteiger partial charge < -0.3 is 16.0 Å². The fourth-order valence-electron chi connectivity index (χ4n) is 3.36. The van der Waals surface area contributed by atoms with Crippen LogP contribution >= 0.6 is 12.2 Å². The number of rotatable bonds is 5. The van der Waals surface area contributed by atoms with Gasteiger partial charge in [-0.15, -0.1) is 0 Å². The van der Waals surface area contributed by atoms with E-state index in [-0.39, 0.29) is 22.8 Å². The lowest BCUT2D eigenvalue weighted by Gasteiger charge is -2.21. The summed E-state index contributed by atoms with van der Waals surface area (Å²) >= 11 is 5.26. The summed E-state index contributed by atoms with van der Waals surface area (Å²) in [4.78, 5) is 24.7. The number of benzene rings is 2. The van der Waals surface area contributed by atoms with Crippen LogP contribution in [0.1, 0.15) is 48.0 Å². The summed E-state index contributed by atoms with van der Waals surface area (Å²) in [5.41, 5.74) is 2.24. The van der Waals surface area contributed by atoms with E-state index < -0.39 is 0 Å². The average Bonchev–Trinajstić information content (AvgIpc) is 2.73. The summed E-state index contributed by atoms with van der Waals surface area (Å²) in [5.74, 6) is -0.137. The van der Waals surface area contributed by atoms with Crippen LogP contribution in [-0.4, -0.2) is 16.9 Å². The van der Waals surface area contributed by atoms with Gasteiger partial charge in [0.1, 0.15) is 0 Å². The quantitative estimate of drug-likeness (QED) is 0.669. The topological polar surface area (TPSA) is 70.2 Å². The van der Waals surface area contributed by atoms with Gasteiger partial charge in [-0.3, -0.25) is 9.59 Å². The summed E-state index contributed by atoms with van der Waals surface area (Å²) < 4.78 is 0. The maximum atomic E-state index is 12.4. The van der Waals surface area contributed by atoms with Crippen molar-refractivity contribution in [2.24, 2.45) is 5.92 Å². The molecule has 0 bridgehead atoms. The van der Waals surface area contributed by atoms with Gasteiger partial charge in [0.2, 0.25) is 5.91 Å². The van der Waals surface area contributed by atoms with Gasteiger partial charge in [0.25, 0.3) is 5.91 Å². The van der Waals surface area contributed by atoms with Crippen molar-refractivity contribution in [1.29, 1.82) is 0 Å². The number of hydrogen-bond donors (Lipinski definition) is 3. The molecular formula is C22H25N3O2S. The molecule has 146 valence electrons. The minimum absolute atomic E-state index is 0.0195. The Morgan fingerprint density at radius 3 is 2.46 bits per heavy atom. The molecule has 0 heterocycles. The zero-order valence-electron chi connectivity index (χ0n) is 15.7. The summed E-state index contributed by atoms with van der Waals surface area (Å²) in [6.45, 7) is 0.465. The number of carbonyl (C=O) groups excluding carboxylic acids is 2. The summed E-state index contributed by atoms with van der Waals surface area (Å²) in [5, 5.41) is 8.94. The van der Waals surface area contributed by atoms with E-state index in [2.05, 4.69) is 16.0 Å². The first-order chi connectivity index (χ1) is 13.6. The van der Waals surface area contributed by atoms with Crippen molar-refractivity contribution in [2.45, 2.75) is 38.6 Å². The predicted molar refractivity (Wildman–Crippen MR) is 115 cm³/mol. The van der Waals surface area contributed by atoms with Gasteiger partial charge in [-0.2, -0.15) is 0 Å². The van der Waals surface area contributed by atoms with Crippen LogP contribution in [0.3, 0.4) is 0 Å². The molecule has 5 nitrogen and oxygen atoms in total. The van der Waals surface area contributed by atoms with E-state index >= 15 is 0 Å². The van der Waals surface area contributed by atoms with E-state index in [1.54, 1.807) is 18.2 Å². The summed E-state index contributed by atoms with van der Waals surface area (Å²) in [6, 6.07) is 16.8. The number of hydrogen-bond acceptors (Lipinski definition) is 3. The lowest BCUT2D eigenvalue weighted by Crippen LogP contribution is -2.39. The average molecular weight is 396 g/mol. The first kappa shape index (κ1) is 20.0. The first-order valence-electron chi connectivity index (χ1n) is 9.66. The van der Waals surface area contributed by atoms with Crippen molar-refractivity contribution in [3.8, 4) is 0 Å². The Bertz CT molecular complexity index is 833. The zero-order chi connectivity index (χ0) is 19.8. The fraction of sp³-hybridized carbons (Fsp3) is 0.318. The Morgan fingerprint density at radius 1 is 0.964 bits per heavy atom. The third-order valence-corrected chi connectivity index (χ3v) is 5.10. The second-order valence-corrected chi connectivity index (χ2v) is 7.44. The fourth-order valence-corrected chi connectivity index (χ4v) is 3.58. The van der Waals surface area contributed by atoms with Crippen LogP contribution in [0.2, 0.25) is 0 Å². The van der Waals surface area contributed by atoms with Gasteiger partial charge in [0.15, 0.2) is 5.11 Å². The molecule has 2 aromatic rings. The Morgan fingerprint density at radius 2 is 1.71 bits per heavy atom. The minimum atomic E-state index is -0.162. The van der Waals surface area contributed by atoms with Crippen LogP contribution in [0, 0.1) is 5.92 Å². The third-order valence-electron chi connectivity index (χ3n) is 4.89. The third kappa shape index (κ3) is 5.89. The van der Waals surface area contributed by atoms with Crippen LogP contribution in [0.25, 0.3) is 0 Å².